The summed E-state index contributed by atoms with van der Waals surface area (Å²) in [6.45, 7) is 3.65. The summed E-state index contributed by atoms with van der Waals surface area (Å²) in [4.78, 5) is 43.0. The van der Waals surface area contributed by atoms with Crippen molar-refractivity contribution >= 4 is 45.0 Å². The summed E-state index contributed by atoms with van der Waals surface area (Å²) in [5.74, 6) is 1.11. The molecule has 0 N–H and O–H groups in total. The number of hydrogen-bond donors (Lipinski definition) is 0. The molecule has 2 aromatic heterocycles. The molecule has 0 saturated heterocycles. The molecule has 11 nitrogen and oxygen atoms in total. The molecule has 6 rings (SSSR count). The minimum absolute atomic E-state index is 0.0791. The highest BCUT2D eigenvalue weighted by atomic mass is 79.9. The number of nitro benzene ring substituents is 1. The van der Waals surface area contributed by atoms with Gasteiger partial charge in [-0.25, -0.2) is 9.79 Å². The van der Waals surface area contributed by atoms with Gasteiger partial charge in [0.1, 0.15) is 11.5 Å². The van der Waals surface area contributed by atoms with Crippen molar-refractivity contribution in [3.05, 3.63) is 105 Å². The summed E-state index contributed by atoms with van der Waals surface area (Å²) >= 11 is 4.39. The lowest BCUT2D eigenvalue weighted by Crippen LogP contribution is -2.39. The first-order chi connectivity index (χ1) is 19.7. The molecule has 0 radical (unpaired) electrons. The van der Waals surface area contributed by atoms with Crippen LogP contribution < -0.4 is 24.4 Å². The lowest BCUT2D eigenvalue weighted by molar-refractivity contribution is -0.384. The predicted octanol–water partition coefficient (Wildman–Crippen LogP) is 4.46. The zero-order valence-electron chi connectivity index (χ0n) is 21.6. The monoisotopic (exact) mass is 637 g/mol. The van der Waals surface area contributed by atoms with Gasteiger partial charge in [-0.05, 0) is 55.8 Å². The van der Waals surface area contributed by atoms with E-state index in [1.807, 2.05) is 0 Å². The minimum Gasteiger partial charge on any atom is -0.463 e. The third-order valence-electron chi connectivity index (χ3n) is 6.55. The van der Waals surface area contributed by atoms with E-state index in [2.05, 4.69) is 20.9 Å². The summed E-state index contributed by atoms with van der Waals surface area (Å²) in [5.41, 5.74) is 1.09. The Morgan fingerprint density at radius 3 is 2.80 bits per heavy atom. The summed E-state index contributed by atoms with van der Waals surface area (Å²) in [7, 11) is 0. The molecular weight excluding hydrogens is 618 g/mol. The Hall–Kier alpha value is -4.49. The second-order valence-corrected chi connectivity index (χ2v) is 11.0. The Kier molecular flexibility index (Phi) is 6.83. The van der Waals surface area contributed by atoms with Crippen LogP contribution in [0.2, 0.25) is 0 Å². The third-order valence-corrected chi connectivity index (χ3v) is 8.03. The highest BCUT2D eigenvalue weighted by molar-refractivity contribution is 9.10. The lowest BCUT2D eigenvalue weighted by Gasteiger charge is -2.24. The standard InChI is InChI=1S/C28H20BrN3O8S/c1-3-37-27(34)24-14(2)30-28-31(25(24)15-4-8-21-22(10-15)39-13-38-21)26(33)23(41-28)12-17-6-9-20(40-17)18-7-5-16(29)11-19(18)32(35)36/h4-12,25H,3,13H2,1-2H3/b23-12-/t25-/m0/s1. The fourth-order valence-electron chi connectivity index (χ4n) is 4.76. The Balaban J connectivity index is 1.47. The zero-order chi connectivity index (χ0) is 28.8. The number of fused-ring (bicyclic) bond motifs is 2. The van der Waals surface area contributed by atoms with Gasteiger partial charge in [-0.1, -0.05) is 33.3 Å². The minimum atomic E-state index is -0.820. The van der Waals surface area contributed by atoms with Crippen LogP contribution >= 0.6 is 27.3 Å². The van der Waals surface area contributed by atoms with Gasteiger partial charge in [-0.2, -0.15) is 0 Å². The first kappa shape index (κ1) is 26.7. The van der Waals surface area contributed by atoms with E-state index in [1.54, 1.807) is 62.4 Å². The van der Waals surface area contributed by atoms with Gasteiger partial charge in [-0.15, -0.1) is 0 Å². The molecule has 0 saturated carbocycles. The SMILES string of the molecule is CCOC(=O)C1=C(C)N=c2s/c(=C\c3ccc(-c4ccc(Br)cc4[N+](=O)[O-])o3)c(=O)n2[C@H]1c1ccc2c(c1)OCO2. The number of benzene rings is 2. The quantitative estimate of drug-likeness (QED) is 0.172. The number of nitrogens with zero attached hydrogens (tertiary/aromatic N) is 3. The van der Waals surface area contributed by atoms with E-state index in [0.717, 1.165) is 11.3 Å². The van der Waals surface area contributed by atoms with Crippen molar-refractivity contribution in [1.82, 2.24) is 4.57 Å². The summed E-state index contributed by atoms with van der Waals surface area (Å²) in [5, 5.41) is 11.6. The number of aromatic nitrogens is 1. The average Bonchev–Trinajstić information content (AvgIpc) is 3.67. The summed E-state index contributed by atoms with van der Waals surface area (Å²) in [6.07, 6.45) is 1.55. The molecule has 208 valence electrons. The largest absolute Gasteiger partial charge is 0.463 e. The number of allylic oxidation sites excluding steroid dienone is 1. The molecule has 4 aromatic rings. The van der Waals surface area contributed by atoms with E-state index >= 15 is 0 Å². The number of carbonyl (C=O) groups is 1. The van der Waals surface area contributed by atoms with Crippen molar-refractivity contribution in [3.63, 3.8) is 0 Å². The Bertz CT molecular complexity index is 1950. The number of thiazole rings is 1. The van der Waals surface area contributed by atoms with Gasteiger partial charge < -0.3 is 18.6 Å². The highest BCUT2D eigenvalue weighted by Gasteiger charge is 2.34. The van der Waals surface area contributed by atoms with Gasteiger partial charge in [0, 0.05) is 16.6 Å². The van der Waals surface area contributed by atoms with Crippen LogP contribution in [0.15, 0.2) is 78.5 Å². The van der Waals surface area contributed by atoms with Gasteiger partial charge >= 0.3 is 5.97 Å². The number of halogens is 1. The zero-order valence-corrected chi connectivity index (χ0v) is 24.0. The molecule has 1 atom stereocenters. The molecule has 13 heteroatoms. The molecule has 0 unspecified atom stereocenters. The van der Waals surface area contributed by atoms with Crippen LogP contribution in [0, 0.1) is 10.1 Å². The normalized spacial score (nSPS) is 16.0. The van der Waals surface area contributed by atoms with Crippen LogP contribution in [0.1, 0.15) is 31.2 Å². The van der Waals surface area contributed by atoms with E-state index in [-0.39, 0.29) is 30.4 Å². The summed E-state index contributed by atoms with van der Waals surface area (Å²) in [6, 6.07) is 12.3. The number of ether oxygens (including phenoxy) is 3. The number of esters is 1. The molecule has 2 aromatic carbocycles. The smallest absolute Gasteiger partial charge is 0.338 e. The van der Waals surface area contributed by atoms with Crippen molar-refractivity contribution in [1.29, 1.82) is 0 Å². The number of carbonyl (C=O) groups excluding carboxylic acids is 1. The third kappa shape index (κ3) is 4.76. The topological polar surface area (TPSA) is 135 Å². The van der Waals surface area contributed by atoms with Crippen molar-refractivity contribution in [3.8, 4) is 22.8 Å². The van der Waals surface area contributed by atoms with Crippen LogP contribution in [-0.2, 0) is 9.53 Å². The molecule has 0 amide bonds. The Labute approximate surface area is 243 Å². The van der Waals surface area contributed by atoms with Crippen LogP contribution in [0.3, 0.4) is 0 Å². The van der Waals surface area contributed by atoms with Crippen molar-refractivity contribution < 1.29 is 28.3 Å². The molecule has 0 spiro atoms. The first-order valence-electron chi connectivity index (χ1n) is 12.4. The van der Waals surface area contributed by atoms with E-state index in [9.17, 15) is 19.7 Å². The maximum absolute atomic E-state index is 13.8. The highest BCUT2D eigenvalue weighted by Crippen LogP contribution is 2.38. The number of nitro groups is 1. The lowest BCUT2D eigenvalue weighted by atomic mass is 9.95. The second-order valence-electron chi connectivity index (χ2n) is 9.04. The first-order valence-corrected chi connectivity index (χ1v) is 14.0. The van der Waals surface area contributed by atoms with E-state index in [1.165, 1.54) is 10.6 Å². The van der Waals surface area contributed by atoms with Crippen LogP contribution in [-0.4, -0.2) is 28.9 Å². The van der Waals surface area contributed by atoms with Crippen molar-refractivity contribution in [2.75, 3.05) is 13.4 Å². The van der Waals surface area contributed by atoms with E-state index in [4.69, 9.17) is 18.6 Å². The van der Waals surface area contributed by atoms with Gasteiger partial charge in [-0.3, -0.25) is 19.5 Å². The fraction of sp³-hybridized carbons (Fsp3) is 0.179. The second kappa shape index (κ2) is 10.5. The number of hydrogen-bond acceptors (Lipinski definition) is 10. The maximum atomic E-state index is 13.8. The summed E-state index contributed by atoms with van der Waals surface area (Å²) < 4.78 is 24.5. The van der Waals surface area contributed by atoms with Crippen molar-refractivity contribution in [2.45, 2.75) is 19.9 Å². The van der Waals surface area contributed by atoms with Crippen LogP contribution in [0.25, 0.3) is 17.4 Å². The van der Waals surface area contributed by atoms with Crippen LogP contribution in [0.4, 0.5) is 5.69 Å². The van der Waals surface area contributed by atoms with Gasteiger partial charge in [0.2, 0.25) is 6.79 Å². The molecule has 2 aliphatic heterocycles. The van der Waals surface area contributed by atoms with Gasteiger partial charge in [0.05, 0.1) is 38.9 Å². The van der Waals surface area contributed by atoms with E-state index in [0.29, 0.717) is 47.9 Å². The van der Waals surface area contributed by atoms with E-state index < -0.39 is 22.5 Å². The van der Waals surface area contributed by atoms with Crippen molar-refractivity contribution in [2.24, 2.45) is 4.99 Å². The van der Waals surface area contributed by atoms with Gasteiger partial charge in [0.15, 0.2) is 16.3 Å². The molecular formula is C28H20BrN3O8S. The Morgan fingerprint density at radius 2 is 2.02 bits per heavy atom. The average molecular weight is 638 g/mol. The molecule has 41 heavy (non-hydrogen) atoms. The molecule has 0 aliphatic carbocycles. The predicted molar refractivity (Wildman–Crippen MR) is 151 cm³/mol. The Morgan fingerprint density at radius 1 is 1.22 bits per heavy atom. The maximum Gasteiger partial charge on any atom is 0.338 e. The number of rotatable bonds is 6. The van der Waals surface area contributed by atoms with Crippen LogP contribution in [0.5, 0.6) is 11.5 Å². The molecule has 0 bridgehead atoms. The molecule has 4 heterocycles. The molecule has 2 aliphatic rings. The number of furan rings is 1. The molecule has 0 fully saturated rings. The van der Waals surface area contributed by atoms with Gasteiger partial charge in [0.25, 0.3) is 11.2 Å². The fourth-order valence-corrected chi connectivity index (χ4v) is 6.13.